The molecule has 1 amide bonds. The Morgan fingerprint density at radius 2 is 1.83 bits per heavy atom. The lowest BCUT2D eigenvalue weighted by Gasteiger charge is -2.36. The fourth-order valence-corrected chi connectivity index (χ4v) is 4.05. The van der Waals surface area contributed by atoms with E-state index in [2.05, 4.69) is 15.2 Å². The van der Waals surface area contributed by atoms with Gasteiger partial charge >= 0.3 is 0 Å². The summed E-state index contributed by atoms with van der Waals surface area (Å²) in [5.74, 6) is 0.366. The summed E-state index contributed by atoms with van der Waals surface area (Å²) >= 11 is 6.31. The van der Waals surface area contributed by atoms with Crippen LogP contribution in [0.25, 0.3) is 11.3 Å². The number of nitrogens with zero attached hydrogens (tertiary/aromatic N) is 4. The first-order valence-electron chi connectivity index (χ1n) is 9.69. The van der Waals surface area contributed by atoms with Crippen LogP contribution in [0.1, 0.15) is 21.7 Å². The van der Waals surface area contributed by atoms with Crippen molar-refractivity contribution in [1.29, 1.82) is 0 Å². The van der Waals surface area contributed by atoms with E-state index in [0.717, 1.165) is 11.3 Å². The maximum atomic E-state index is 13.3. The van der Waals surface area contributed by atoms with Crippen LogP contribution in [0.2, 0.25) is 5.02 Å². The van der Waals surface area contributed by atoms with Gasteiger partial charge in [0.15, 0.2) is 0 Å². The largest absolute Gasteiger partial charge is 0.368 e. The minimum absolute atomic E-state index is 0.111. The third-order valence-electron chi connectivity index (χ3n) is 5.40. The van der Waals surface area contributed by atoms with Crippen LogP contribution < -0.4 is 4.90 Å². The Bertz CT molecular complexity index is 1100. The van der Waals surface area contributed by atoms with Gasteiger partial charge in [-0.3, -0.25) is 4.79 Å². The third-order valence-corrected chi connectivity index (χ3v) is 5.73. The highest BCUT2D eigenvalue weighted by molar-refractivity contribution is 6.33. The van der Waals surface area contributed by atoms with Crippen LogP contribution in [-0.4, -0.2) is 42.1 Å². The molecule has 0 saturated carbocycles. The quantitative estimate of drug-likeness (QED) is 0.552. The Balaban J connectivity index is 1.53. The number of carbonyl (C=O) groups is 1. The minimum Gasteiger partial charge on any atom is -0.368 e. The molecular weight excluding hydrogens is 404 g/mol. The first kappa shape index (κ1) is 20.1. The van der Waals surface area contributed by atoms with E-state index in [9.17, 15) is 9.70 Å². The number of aryl methyl sites for hydroxylation is 2. The molecule has 0 atom stereocenters. The molecule has 1 aromatic heterocycles. The zero-order valence-electron chi connectivity index (χ0n) is 16.8. The number of amides is 1. The van der Waals surface area contributed by atoms with Crippen molar-refractivity contribution in [3.8, 4) is 11.3 Å². The van der Waals surface area contributed by atoms with E-state index in [1.807, 2.05) is 36.1 Å². The van der Waals surface area contributed by atoms with Crippen molar-refractivity contribution in [1.82, 2.24) is 10.1 Å². The van der Waals surface area contributed by atoms with Gasteiger partial charge in [-0.25, -0.2) is 0 Å². The lowest BCUT2D eigenvalue weighted by atomic mass is 10.0. The predicted molar refractivity (Wildman–Crippen MR) is 116 cm³/mol. The molecule has 2 aromatic carbocycles. The lowest BCUT2D eigenvalue weighted by Crippen LogP contribution is -2.49. The molecule has 30 heavy (non-hydrogen) atoms. The van der Waals surface area contributed by atoms with Crippen molar-refractivity contribution in [3.63, 3.8) is 0 Å². The van der Waals surface area contributed by atoms with Crippen LogP contribution in [0.3, 0.4) is 0 Å². The molecule has 0 unspecified atom stereocenters. The normalized spacial score (nSPS) is 14.1. The predicted octanol–water partition coefficient (Wildman–Crippen LogP) is 4.97. The summed E-state index contributed by atoms with van der Waals surface area (Å²) in [6, 6.07) is 12.7. The van der Waals surface area contributed by atoms with Gasteiger partial charge in [0.25, 0.3) is 5.91 Å². The highest BCUT2D eigenvalue weighted by Gasteiger charge is 2.29. The standard InChI is InChI=1S/C22H21ClN4O3/c1-14-13-16(24-29)7-8-19(14)26-9-11-27(12-10-26)22(28)20-15(2)30-25-21(20)17-5-3-4-6-18(17)23/h3-8,13H,9-12H2,1-2H3. The monoisotopic (exact) mass is 424 g/mol. The number of nitroso groups, excluding NO2 is 1. The number of carbonyl (C=O) groups excluding carboxylic acids is 1. The smallest absolute Gasteiger partial charge is 0.259 e. The molecule has 1 fully saturated rings. The van der Waals surface area contributed by atoms with Crippen molar-refractivity contribution in [3.05, 3.63) is 69.3 Å². The molecule has 2 heterocycles. The van der Waals surface area contributed by atoms with Crippen LogP contribution in [0.4, 0.5) is 11.4 Å². The second-order valence-electron chi connectivity index (χ2n) is 7.28. The number of aromatic nitrogens is 1. The average molecular weight is 425 g/mol. The number of hydrogen-bond donors (Lipinski definition) is 0. The molecule has 0 radical (unpaired) electrons. The maximum Gasteiger partial charge on any atom is 0.259 e. The fraction of sp³-hybridized carbons (Fsp3) is 0.273. The highest BCUT2D eigenvalue weighted by Crippen LogP contribution is 2.32. The molecule has 4 rings (SSSR count). The lowest BCUT2D eigenvalue weighted by molar-refractivity contribution is 0.0745. The summed E-state index contributed by atoms with van der Waals surface area (Å²) in [5.41, 5.74) is 4.06. The van der Waals surface area contributed by atoms with Crippen molar-refractivity contribution in [2.75, 3.05) is 31.1 Å². The topological polar surface area (TPSA) is 79.0 Å². The summed E-state index contributed by atoms with van der Waals surface area (Å²) in [6.45, 7) is 6.20. The first-order chi connectivity index (χ1) is 14.5. The molecule has 8 heteroatoms. The molecule has 1 saturated heterocycles. The number of piperazine rings is 1. The third kappa shape index (κ3) is 3.68. The number of halogens is 1. The van der Waals surface area contributed by atoms with Crippen LogP contribution in [-0.2, 0) is 0 Å². The number of hydrogen-bond acceptors (Lipinski definition) is 6. The van der Waals surface area contributed by atoms with Gasteiger partial charge in [-0.05, 0) is 48.9 Å². The van der Waals surface area contributed by atoms with Gasteiger partial charge in [-0.15, -0.1) is 4.91 Å². The van der Waals surface area contributed by atoms with Gasteiger partial charge in [0.2, 0.25) is 0 Å². The van der Waals surface area contributed by atoms with Gasteiger partial charge in [0.05, 0.1) is 5.02 Å². The Hall–Kier alpha value is -3.19. The summed E-state index contributed by atoms with van der Waals surface area (Å²) in [7, 11) is 0. The van der Waals surface area contributed by atoms with Crippen molar-refractivity contribution in [2.24, 2.45) is 5.18 Å². The zero-order chi connectivity index (χ0) is 21.3. The van der Waals surface area contributed by atoms with Crippen LogP contribution in [0.15, 0.2) is 52.2 Å². The van der Waals surface area contributed by atoms with E-state index in [0.29, 0.717) is 59.5 Å². The molecule has 0 N–H and O–H groups in total. The fourth-order valence-electron chi connectivity index (χ4n) is 3.82. The maximum absolute atomic E-state index is 13.3. The second-order valence-corrected chi connectivity index (χ2v) is 7.69. The van der Waals surface area contributed by atoms with Gasteiger partial charge < -0.3 is 14.3 Å². The van der Waals surface area contributed by atoms with Gasteiger partial charge in [0.1, 0.15) is 22.7 Å². The van der Waals surface area contributed by atoms with Crippen molar-refractivity contribution < 1.29 is 9.32 Å². The van der Waals surface area contributed by atoms with Crippen LogP contribution in [0, 0.1) is 18.8 Å². The van der Waals surface area contributed by atoms with Gasteiger partial charge in [0, 0.05) is 37.4 Å². The Morgan fingerprint density at radius 3 is 2.50 bits per heavy atom. The molecule has 0 aliphatic carbocycles. The van der Waals surface area contributed by atoms with Gasteiger partial charge in [-0.1, -0.05) is 35.0 Å². The van der Waals surface area contributed by atoms with E-state index < -0.39 is 0 Å². The molecule has 0 spiro atoms. The van der Waals surface area contributed by atoms with Crippen molar-refractivity contribution in [2.45, 2.75) is 13.8 Å². The second kappa shape index (κ2) is 8.28. The molecule has 1 aliphatic heterocycles. The SMILES string of the molecule is Cc1cc(N=O)ccc1N1CCN(C(=O)c2c(-c3ccccc3Cl)noc2C)CC1. The molecule has 7 nitrogen and oxygen atoms in total. The first-order valence-corrected chi connectivity index (χ1v) is 10.1. The zero-order valence-corrected chi connectivity index (χ0v) is 17.5. The van der Waals surface area contributed by atoms with E-state index in [1.165, 1.54) is 0 Å². The van der Waals surface area contributed by atoms with Gasteiger partial charge in [-0.2, -0.15) is 0 Å². The van der Waals surface area contributed by atoms with Crippen LogP contribution in [0.5, 0.6) is 0 Å². The molecular formula is C22H21ClN4O3. The Labute approximate surface area is 179 Å². The number of benzene rings is 2. The minimum atomic E-state index is -0.111. The van der Waals surface area contributed by atoms with E-state index >= 15 is 0 Å². The number of anilines is 1. The Kier molecular flexibility index (Phi) is 5.55. The molecule has 154 valence electrons. The summed E-state index contributed by atoms with van der Waals surface area (Å²) in [6.07, 6.45) is 0. The number of rotatable bonds is 4. The van der Waals surface area contributed by atoms with E-state index in [4.69, 9.17) is 16.1 Å². The highest BCUT2D eigenvalue weighted by atomic mass is 35.5. The van der Waals surface area contributed by atoms with E-state index in [1.54, 1.807) is 25.1 Å². The molecule has 3 aromatic rings. The van der Waals surface area contributed by atoms with Crippen molar-refractivity contribution >= 4 is 28.9 Å². The summed E-state index contributed by atoms with van der Waals surface area (Å²) in [5, 5.41) is 7.61. The summed E-state index contributed by atoms with van der Waals surface area (Å²) in [4.78, 5) is 28.0. The Morgan fingerprint density at radius 1 is 1.10 bits per heavy atom. The average Bonchev–Trinajstić information content (AvgIpc) is 3.14. The molecule has 0 bridgehead atoms. The van der Waals surface area contributed by atoms with E-state index in [-0.39, 0.29) is 5.91 Å². The molecule has 1 aliphatic rings. The summed E-state index contributed by atoms with van der Waals surface area (Å²) < 4.78 is 5.34. The van der Waals surface area contributed by atoms with Crippen LogP contribution >= 0.6 is 11.6 Å².